The van der Waals surface area contributed by atoms with Crippen molar-refractivity contribution in [1.29, 1.82) is 0 Å². The summed E-state index contributed by atoms with van der Waals surface area (Å²) in [5.74, 6) is 5.58. The van der Waals surface area contributed by atoms with Gasteiger partial charge in [0.25, 0.3) is 0 Å². The maximum absolute atomic E-state index is 5.58. The van der Waals surface area contributed by atoms with Crippen LogP contribution in [-0.4, -0.2) is 28.2 Å². The summed E-state index contributed by atoms with van der Waals surface area (Å²) in [6.45, 7) is 6.52. The van der Waals surface area contributed by atoms with E-state index in [2.05, 4.69) is 22.7 Å². The first kappa shape index (κ1) is 14.1. The quantitative estimate of drug-likeness (QED) is 0.383. The van der Waals surface area contributed by atoms with Crippen molar-refractivity contribution in [1.82, 2.24) is 20.4 Å². The predicted molar refractivity (Wildman–Crippen MR) is 66.1 cm³/mol. The molecule has 6 nitrogen and oxygen atoms in total. The molecule has 6 heteroatoms. The van der Waals surface area contributed by atoms with Crippen LogP contribution < -0.4 is 11.3 Å². The van der Waals surface area contributed by atoms with E-state index in [4.69, 9.17) is 10.6 Å². The van der Waals surface area contributed by atoms with Crippen LogP contribution in [0.25, 0.3) is 0 Å². The fourth-order valence-corrected chi connectivity index (χ4v) is 1.77. The summed E-state index contributed by atoms with van der Waals surface area (Å²) < 4.78 is 7.22. The zero-order chi connectivity index (χ0) is 12.5. The van der Waals surface area contributed by atoms with Crippen molar-refractivity contribution < 1.29 is 4.74 Å². The van der Waals surface area contributed by atoms with Crippen LogP contribution >= 0.6 is 0 Å². The van der Waals surface area contributed by atoms with Gasteiger partial charge in [-0.15, -0.1) is 5.10 Å². The molecule has 0 fully saturated rings. The van der Waals surface area contributed by atoms with E-state index >= 15 is 0 Å². The Morgan fingerprint density at radius 3 is 3.00 bits per heavy atom. The van der Waals surface area contributed by atoms with Crippen LogP contribution in [0.1, 0.15) is 44.8 Å². The molecule has 98 valence electrons. The second-order valence-electron chi connectivity index (χ2n) is 3.94. The molecular formula is C11H23N5O. The fraction of sp³-hybridized carbons (Fsp3) is 0.818. The van der Waals surface area contributed by atoms with Crippen molar-refractivity contribution in [2.24, 2.45) is 5.84 Å². The van der Waals surface area contributed by atoms with E-state index < -0.39 is 0 Å². The first-order valence-electron chi connectivity index (χ1n) is 6.25. The molecule has 1 rings (SSSR count). The molecule has 0 bridgehead atoms. The number of hydrogen-bond acceptors (Lipinski definition) is 5. The molecule has 3 N–H and O–H groups in total. The van der Waals surface area contributed by atoms with Crippen molar-refractivity contribution in [3.8, 4) is 0 Å². The Morgan fingerprint density at radius 2 is 2.35 bits per heavy atom. The van der Waals surface area contributed by atoms with Gasteiger partial charge in [-0.25, -0.2) is 4.68 Å². The molecule has 0 aliphatic heterocycles. The number of ether oxygens (including phenoxy) is 1. The number of aromatic nitrogens is 3. The van der Waals surface area contributed by atoms with Crippen LogP contribution in [0.15, 0.2) is 6.20 Å². The highest BCUT2D eigenvalue weighted by Gasteiger charge is 2.14. The summed E-state index contributed by atoms with van der Waals surface area (Å²) in [7, 11) is 0. The van der Waals surface area contributed by atoms with Gasteiger partial charge in [0, 0.05) is 19.8 Å². The molecule has 0 aliphatic carbocycles. The Hall–Kier alpha value is -0.980. The molecule has 1 heterocycles. The topological polar surface area (TPSA) is 78.0 Å². The van der Waals surface area contributed by atoms with Crippen LogP contribution in [0.5, 0.6) is 0 Å². The Balaban J connectivity index is 2.50. The van der Waals surface area contributed by atoms with Gasteiger partial charge < -0.3 is 4.74 Å². The number of nitrogens with one attached hydrogen (secondary N) is 1. The number of nitrogens with zero attached hydrogens (tertiary/aromatic N) is 3. The van der Waals surface area contributed by atoms with Crippen LogP contribution in [0, 0.1) is 0 Å². The van der Waals surface area contributed by atoms with Gasteiger partial charge in [0.1, 0.15) is 0 Å². The highest BCUT2D eigenvalue weighted by Crippen LogP contribution is 2.16. The van der Waals surface area contributed by atoms with E-state index in [1.807, 2.05) is 11.6 Å². The normalized spacial score (nSPS) is 12.9. The van der Waals surface area contributed by atoms with Crippen molar-refractivity contribution in [3.63, 3.8) is 0 Å². The third-order valence-corrected chi connectivity index (χ3v) is 2.63. The Bertz CT molecular complexity index is 302. The van der Waals surface area contributed by atoms with Crippen LogP contribution in [0.4, 0.5) is 0 Å². The summed E-state index contributed by atoms with van der Waals surface area (Å²) in [5.41, 5.74) is 3.87. The molecule has 1 atom stereocenters. The standard InChI is InChI=1S/C11H23N5O/c1-3-7-16-11(9-13-15-16)10(14-12)6-5-8-17-4-2/h9-10,14H,3-8,12H2,1-2H3. The Labute approximate surface area is 102 Å². The third kappa shape index (κ3) is 4.41. The summed E-state index contributed by atoms with van der Waals surface area (Å²) in [4.78, 5) is 0. The van der Waals surface area contributed by atoms with Gasteiger partial charge in [-0.1, -0.05) is 12.1 Å². The van der Waals surface area contributed by atoms with Crippen LogP contribution in [0.3, 0.4) is 0 Å². The van der Waals surface area contributed by atoms with Gasteiger partial charge >= 0.3 is 0 Å². The Kier molecular flexibility index (Phi) is 6.76. The molecule has 0 amide bonds. The lowest BCUT2D eigenvalue weighted by atomic mass is 10.1. The van der Waals surface area contributed by atoms with Gasteiger partial charge in [0.15, 0.2) is 0 Å². The third-order valence-electron chi connectivity index (χ3n) is 2.63. The van der Waals surface area contributed by atoms with E-state index in [1.165, 1.54) is 0 Å². The number of nitrogens with two attached hydrogens (primary N) is 1. The highest BCUT2D eigenvalue weighted by molar-refractivity contribution is 5.01. The number of hydrazine groups is 1. The second kappa shape index (κ2) is 8.16. The lowest BCUT2D eigenvalue weighted by molar-refractivity contribution is 0.140. The Morgan fingerprint density at radius 1 is 1.53 bits per heavy atom. The SMILES string of the molecule is CCCn1nncc1C(CCCOCC)NN. The zero-order valence-corrected chi connectivity index (χ0v) is 10.7. The predicted octanol–water partition coefficient (Wildman–Crippen LogP) is 1.01. The first-order chi connectivity index (χ1) is 8.33. The highest BCUT2D eigenvalue weighted by atomic mass is 16.5. The molecule has 0 spiro atoms. The first-order valence-corrected chi connectivity index (χ1v) is 6.25. The molecule has 17 heavy (non-hydrogen) atoms. The van der Waals surface area contributed by atoms with Gasteiger partial charge in [-0.05, 0) is 26.2 Å². The van der Waals surface area contributed by atoms with Crippen molar-refractivity contribution >= 4 is 0 Å². The molecule has 1 aromatic heterocycles. The van der Waals surface area contributed by atoms with E-state index in [0.29, 0.717) is 0 Å². The monoisotopic (exact) mass is 241 g/mol. The zero-order valence-electron chi connectivity index (χ0n) is 10.7. The second-order valence-corrected chi connectivity index (χ2v) is 3.94. The molecular weight excluding hydrogens is 218 g/mol. The van der Waals surface area contributed by atoms with E-state index in [0.717, 1.165) is 44.7 Å². The molecule has 0 aliphatic rings. The minimum atomic E-state index is 0.0945. The van der Waals surface area contributed by atoms with Gasteiger partial charge in [-0.2, -0.15) is 0 Å². The maximum Gasteiger partial charge on any atom is 0.0770 e. The summed E-state index contributed by atoms with van der Waals surface area (Å²) in [6.07, 6.45) is 4.71. The van der Waals surface area contributed by atoms with E-state index in [1.54, 1.807) is 6.20 Å². The molecule has 1 aromatic rings. The van der Waals surface area contributed by atoms with Crippen molar-refractivity contribution in [2.45, 2.75) is 45.7 Å². The van der Waals surface area contributed by atoms with Gasteiger partial charge in [0.05, 0.1) is 17.9 Å². The average Bonchev–Trinajstić information content (AvgIpc) is 2.78. The molecule has 0 saturated carbocycles. The number of aryl methyl sites for hydroxylation is 1. The molecule has 0 saturated heterocycles. The summed E-state index contributed by atoms with van der Waals surface area (Å²) in [6, 6.07) is 0.0945. The van der Waals surface area contributed by atoms with Crippen LogP contribution in [-0.2, 0) is 11.3 Å². The van der Waals surface area contributed by atoms with Crippen LogP contribution in [0.2, 0.25) is 0 Å². The largest absolute Gasteiger partial charge is 0.382 e. The summed E-state index contributed by atoms with van der Waals surface area (Å²) in [5, 5.41) is 8.00. The lowest BCUT2D eigenvalue weighted by Gasteiger charge is -2.16. The van der Waals surface area contributed by atoms with E-state index in [-0.39, 0.29) is 6.04 Å². The number of hydrogen-bond donors (Lipinski definition) is 2. The maximum atomic E-state index is 5.58. The van der Waals surface area contributed by atoms with E-state index in [9.17, 15) is 0 Å². The molecule has 1 unspecified atom stereocenters. The minimum absolute atomic E-state index is 0.0945. The lowest BCUT2D eigenvalue weighted by Crippen LogP contribution is -2.30. The van der Waals surface area contributed by atoms with Gasteiger partial charge in [0.2, 0.25) is 0 Å². The van der Waals surface area contributed by atoms with Crippen molar-refractivity contribution in [2.75, 3.05) is 13.2 Å². The molecule has 0 aromatic carbocycles. The average molecular weight is 241 g/mol. The van der Waals surface area contributed by atoms with Gasteiger partial charge in [-0.3, -0.25) is 11.3 Å². The molecule has 0 radical (unpaired) electrons. The fourth-order valence-electron chi connectivity index (χ4n) is 1.77. The number of rotatable bonds is 9. The minimum Gasteiger partial charge on any atom is -0.382 e. The summed E-state index contributed by atoms with van der Waals surface area (Å²) >= 11 is 0. The van der Waals surface area contributed by atoms with Crippen molar-refractivity contribution in [3.05, 3.63) is 11.9 Å². The smallest absolute Gasteiger partial charge is 0.0770 e.